The van der Waals surface area contributed by atoms with Crippen molar-refractivity contribution in [3.8, 4) is 0 Å². The second kappa shape index (κ2) is 9.90. The zero-order chi connectivity index (χ0) is 23.4. The van der Waals surface area contributed by atoms with Crippen LogP contribution < -0.4 is 16.5 Å². The van der Waals surface area contributed by atoms with Crippen LogP contribution in [0.25, 0.3) is 0 Å². The number of alkyl halides is 1. The predicted octanol–water partition coefficient (Wildman–Crippen LogP) is 2.32. The number of rotatable bonds is 3. The second-order valence-corrected chi connectivity index (χ2v) is 13.3. The zero-order valence-electron chi connectivity index (χ0n) is 20.5. The molecule has 5 N–H and O–H groups in total. The van der Waals surface area contributed by atoms with Gasteiger partial charge in [0.15, 0.2) is 0 Å². The number of carbonyl (C=O) groups excluding carboxylic acids is 1. The van der Waals surface area contributed by atoms with Crippen molar-refractivity contribution < 1.29 is 9.90 Å². The SMILES string of the molecule is NC1CC(Br)NCC1C(=O)N1CCC2C3C(CCCC[C@@H]31)NN2C1CCC(C2CCC2)CC1O. The molecule has 6 rings (SSSR count). The highest BCUT2D eigenvalue weighted by atomic mass is 79.9. The number of aliphatic hydroxyl groups excluding tert-OH is 1. The lowest BCUT2D eigenvalue weighted by atomic mass is 9.68. The summed E-state index contributed by atoms with van der Waals surface area (Å²) in [6.45, 7) is 1.49. The molecule has 0 aromatic rings. The first-order valence-corrected chi connectivity index (χ1v) is 15.1. The van der Waals surface area contributed by atoms with Crippen LogP contribution in [0.2, 0.25) is 0 Å². The maximum Gasteiger partial charge on any atom is 0.228 e. The molecular weight excluding hydrogens is 494 g/mol. The van der Waals surface area contributed by atoms with E-state index in [4.69, 9.17) is 5.73 Å². The number of hydrogen-bond donors (Lipinski definition) is 4. The van der Waals surface area contributed by atoms with Gasteiger partial charge in [-0.25, -0.2) is 5.01 Å². The number of hydrogen-bond acceptors (Lipinski definition) is 6. The summed E-state index contributed by atoms with van der Waals surface area (Å²) in [5, 5.41) is 17.2. The quantitative estimate of drug-likeness (QED) is 0.326. The van der Waals surface area contributed by atoms with Crippen molar-refractivity contribution in [1.29, 1.82) is 0 Å². The van der Waals surface area contributed by atoms with Gasteiger partial charge >= 0.3 is 0 Å². The summed E-state index contributed by atoms with van der Waals surface area (Å²) in [5.74, 6) is 2.21. The number of aliphatic hydroxyl groups is 1. The summed E-state index contributed by atoms with van der Waals surface area (Å²) in [7, 11) is 0. The molecule has 9 unspecified atom stereocenters. The van der Waals surface area contributed by atoms with Crippen LogP contribution in [0.3, 0.4) is 0 Å². The lowest BCUT2D eigenvalue weighted by molar-refractivity contribution is -0.144. The first-order chi connectivity index (χ1) is 16.5. The third-order valence-corrected chi connectivity index (χ3v) is 11.2. The summed E-state index contributed by atoms with van der Waals surface area (Å²) in [4.78, 5) is 16.2. The number of nitrogens with zero attached hydrogens (tertiary/aromatic N) is 2. The first kappa shape index (κ1) is 24.1. The third kappa shape index (κ3) is 4.28. The summed E-state index contributed by atoms with van der Waals surface area (Å²) in [6.07, 6.45) is 13.8. The van der Waals surface area contributed by atoms with E-state index in [1.807, 2.05) is 0 Å². The highest BCUT2D eigenvalue weighted by Gasteiger charge is 2.54. The standard InChI is InChI=1S/C26H44BrN5O2/c27-24-13-18(28)17(14-29-24)26(34)31-11-10-22-25-19(6-1-2-7-21(25)31)30-32(22)20-9-8-16(12-23(20)33)15-4-3-5-15/h15-25,29-30,33H,1-14,28H2/t16?,17?,18?,19?,20?,21-,22?,23?,24?,25?/m0/s1. The van der Waals surface area contributed by atoms with Crippen LogP contribution in [-0.2, 0) is 4.79 Å². The predicted molar refractivity (Wildman–Crippen MR) is 136 cm³/mol. The highest BCUT2D eigenvalue weighted by Crippen LogP contribution is 2.46. The third-order valence-electron chi connectivity index (χ3n) is 10.5. The van der Waals surface area contributed by atoms with Gasteiger partial charge in [0.2, 0.25) is 5.91 Å². The normalized spacial score (nSPS) is 48.1. The zero-order valence-corrected chi connectivity index (χ0v) is 22.0. The van der Waals surface area contributed by atoms with E-state index in [-0.39, 0.29) is 35.0 Å². The van der Waals surface area contributed by atoms with Gasteiger partial charge in [0, 0.05) is 43.2 Å². The summed E-state index contributed by atoms with van der Waals surface area (Å²) in [6, 6.07) is 1.30. The Morgan fingerprint density at radius 3 is 2.47 bits per heavy atom. The Morgan fingerprint density at radius 1 is 0.912 bits per heavy atom. The average molecular weight is 539 g/mol. The molecular formula is C26H44BrN5O2. The summed E-state index contributed by atoms with van der Waals surface area (Å²) in [5.41, 5.74) is 10.4. The topological polar surface area (TPSA) is 93.9 Å². The van der Waals surface area contributed by atoms with Crippen molar-refractivity contribution in [3.05, 3.63) is 0 Å². The Morgan fingerprint density at radius 2 is 1.74 bits per heavy atom. The second-order valence-electron chi connectivity index (χ2n) is 12.2. The molecule has 6 fully saturated rings. The highest BCUT2D eigenvalue weighted by molar-refractivity contribution is 9.09. The van der Waals surface area contributed by atoms with E-state index in [0.29, 0.717) is 30.6 Å². The first-order valence-electron chi connectivity index (χ1n) is 14.2. The minimum Gasteiger partial charge on any atom is -0.391 e. The number of likely N-dealkylation sites (tertiary alicyclic amines) is 1. The van der Waals surface area contributed by atoms with E-state index in [1.54, 1.807) is 0 Å². The summed E-state index contributed by atoms with van der Waals surface area (Å²) >= 11 is 3.61. The van der Waals surface area contributed by atoms with Gasteiger partial charge < -0.3 is 21.1 Å². The Bertz CT molecular complexity index is 753. The molecule has 34 heavy (non-hydrogen) atoms. The van der Waals surface area contributed by atoms with Gasteiger partial charge in [-0.1, -0.05) is 48.0 Å². The fourth-order valence-corrected chi connectivity index (χ4v) is 9.09. The van der Waals surface area contributed by atoms with Crippen LogP contribution in [0, 0.1) is 23.7 Å². The van der Waals surface area contributed by atoms with Gasteiger partial charge in [0.1, 0.15) is 0 Å². The van der Waals surface area contributed by atoms with Crippen molar-refractivity contribution in [1.82, 2.24) is 20.7 Å². The molecule has 0 spiro atoms. The van der Waals surface area contributed by atoms with Gasteiger partial charge in [-0.15, -0.1) is 0 Å². The summed E-state index contributed by atoms with van der Waals surface area (Å²) < 4.78 is 0. The Hall–Kier alpha value is -0.250. The van der Waals surface area contributed by atoms with Crippen molar-refractivity contribution in [3.63, 3.8) is 0 Å². The van der Waals surface area contributed by atoms with Crippen LogP contribution >= 0.6 is 15.9 Å². The molecule has 192 valence electrons. The fourth-order valence-electron chi connectivity index (χ4n) is 8.47. The van der Waals surface area contributed by atoms with Gasteiger partial charge in [-0.2, -0.15) is 0 Å². The number of halogens is 1. The monoisotopic (exact) mass is 537 g/mol. The molecule has 8 heteroatoms. The van der Waals surface area contributed by atoms with Crippen LogP contribution in [-0.4, -0.2) is 75.3 Å². The Kier molecular flexibility index (Phi) is 7.02. The maximum absolute atomic E-state index is 13.8. The van der Waals surface area contributed by atoms with Crippen molar-refractivity contribution in [2.75, 3.05) is 13.1 Å². The van der Waals surface area contributed by atoms with Crippen LogP contribution in [0.5, 0.6) is 0 Å². The molecule has 3 heterocycles. The number of nitrogens with two attached hydrogens (primary N) is 1. The van der Waals surface area contributed by atoms with Gasteiger partial charge in [0.05, 0.1) is 23.0 Å². The smallest absolute Gasteiger partial charge is 0.228 e. The van der Waals surface area contributed by atoms with E-state index >= 15 is 0 Å². The molecule has 3 aliphatic heterocycles. The lowest BCUT2D eigenvalue weighted by Gasteiger charge is -2.49. The number of amides is 1. The van der Waals surface area contributed by atoms with E-state index < -0.39 is 0 Å². The molecule has 3 saturated heterocycles. The number of nitrogens with one attached hydrogen (secondary N) is 2. The Balaban J connectivity index is 1.17. The van der Waals surface area contributed by atoms with Gasteiger partial charge in [-0.05, 0) is 56.8 Å². The number of carbonyl (C=O) groups is 1. The molecule has 0 aromatic carbocycles. The van der Waals surface area contributed by atoms with Crippen LogP contribution in [0.15, 0.2) is 0 Å². The molecule has 0 bridgehead atoms. The van der Waals surface area contributed by atoms with E-state index in [2.05, 4.69) is 36.6 Å². The molecule has 0 aromatic heterocycles. The van der Waals surface area contributed by atoms with Gasteiger partial charge in [-0.3, -0.25) is 10.2 Å². The van der Waals surface area contributed by atoms with Crippen LogP contribution in [0.1, 0.15) is 77.0 Å². The molecule has 3 aliphatic carbocycles. The maximum atomic E-state index is 13.8. The van der Waals surface area contributed by atoms with Crippen LogP contribution in [0.4, 0.5) is 0 Å². The Labute approximate surface area is 213 Å². The van der Waals surface area contributed by atoms with E-state index in [0.717, 1.165) is 50.5 Å². The van der Waals surface area contributed by atoms with E-state index in [9.17, 15) is 9.90 Å². The average Bonchev–Trinajstić information content (AvgIpc) is 3.00. The van der Waals surface area contributed by atoms with Crippen molar-refractivity contribution >= 4 is 21.8 Å². The number of hydrazine groups is 1. The largest absolute Gasteiger partial charge is 0.391 e. The molecule has 3 saturated carbocycles. The minimum atomic E-state index is -0.226. The molecule has 6 aliphatic rings. The lowest BCUT2D eigenvalue weighted by Crippen LogP contribution is -2.62. The van der Waals surface area contributed by atoms with Crippen molar-refractivity contribution in [2.45, 2.75) is 118 Å². The fraction of sp³-hybridized carbons (Fsp3) is 0.962. The van der Waals surface area contributed by atoms with Gasteiger partial charge in [0.25, 0.3) is 0 Å². The molecule has 1 amide bonds. The molecule has 10 atom stereocenters. The van der Waals surface area contributed by atoms with Crippen molar-refractivity contribution in [2.24, 2.45) is 29.4 Å². The molecule has 0 radical (unpaired) electrons. The van der Waals surface area contributed by atoms with E-state index in [1.165, 1.54) is 44.9 Å². The molecule has 7 nitrogen and oxygen atoms in total. The minimum absolute atomic E-state index is 0.0865. The number of piperidine rings is 2.